The summed E-state index contributed by atoms with van der Waals surface area (Å²) in [6.45, 7) is 5.27. The van der Waals surface area contributed by atoms with E-state index in [1.54, 1.807) is 6.20 Å². The van der Waals surface area contributed by atoms with Crippen molar-refractivity contribution in [3.63, 3.8) is 0 Å². The van der Waals surface area contributed by atoms with Crippen molar-refractivity contribution >= 4 is 0 Å². The van der Waals surface area contributed by atoms with Crippen molar-refractivity contribution in [2.24, 2.45) is 0 Å². The maximum Gasteiger partial charge on any atom is 0.119 e. The molecule has 0 fully saturated rings. The van der Waals surface area contributed by atoms with Gasteiger partial charge in [0.25, 0.3) is 0 Å². The third-order valence-electron chi connectivity index (χ3n) is 5.43. The van der Waals surface area contributed by atoms with E-state index in [0.717, 1.165) is 50.5 Å². The number of rotatable bonds is 10. The molecule has 0 aliphatic carbocycles. The lowest BCUT2D eigenvalue weighted by molar-refractivity contribution is 0.0637. The van der Waals surface area contributed by atoms with Crippen molar-refractivity contribution in [3.8, 4) is 5.75 Å². The van der Waals surface area contributed by atoms with Gasteiger partial charge in [0.15, 0.2) is 0 Å². The molecule has 4 rings (SSSR count). The SMILES string of the molecule is OC(COc1cccc(CNCCn2cccn2)c1)CN1CCc2ccccc2C1. The van der Waals surface area contributed by atoms with Crippen LogP contribution in [0.3, 0.4) is 0 Å². The van der Waals surface area contributed by atoms with Gasteiger partial charge in [-0.2, -0.15) is 5.10 Å². The number of nitrogens with zero attached hydrogens (tertiary/aromatic N) is 3. The zero-order valence-electron chi connectivity index (χ0n) is 17.3. The van der Waals surface area contributed by atoms with Crippen LogP contribution >= 0.6 is 0 Å². The Kier molecular flexibility index (Phi) is 7.13. The summed E-state index contributed by atoms with van der Waals surface area (Å²) in [7, 11) is 0. The van der Waals surface area contributed by atoms with E-state index in [0.29, 0.717) is 13.2 Å². The van der Waals surface area contributed by atoms with Gasteiger partial charge >= 0.3 is 0 Å². The van der Waals surface area contributed by atoms with Crippen LogP contribution in [-0.2, 0) is 26.1 Å². The molecule has 6 heteroatoms. The lowest BCUT2D eigenvalue weighted by atomic mass is 10.00. The molecule has 2 N–H and O–H groups in total. The van der Waals surface area contributed by atoms with E-state index < -0.39 is 6.10 Å². The summed E-state index contributed by atoms with van der Waals surface area (Å²) in [6, 6.07) is 18.5. The van der Waals surface area contributed by atoms with Gasteiger partial charge in [-0.25, -0.2) is 0 Å². The zero-order chi connectivity index (χ0) is 20.6. The van der Waals surface area contributed by atoms with Crippen LogP contribution in [0.2, 0.25) is 0 Å². The fourth-order valence-corrected chi connectivity index (χ4v) is 3.86. The fourth-order valence-electron chi connectivity index (χ4n) is 3.86. The summed E-state index contributed by atoms with van der Waals surface area (Å²) in [5.41, 5.74) is 3.95. The smallest absolute Gasteiger partial charge is 0.119 e. The minimum Gasteiger partial charge on any atom is -0.491 e. The van der Waals surface area contributed by atoms with Gasteiger partial charge in [-0.3, -0.25) is 9.58 Å². The summed E-state index contributed by atoms with van der Waals surface area (Å²) < 4.78 is 7.78. The molecule has 30 heavy (non-hydrogen) atoms. The van der Waals surface area contributed by atoms with Crippen molar-refractivity contribution in [1.82, 2.24) is 20.0 Å². The minimum absolute atomic E-state index is 0.300. The van der Waals surface area contributed by atoms with Crippen molar-refractivity contribution in [2.75, 3.05) is 26.2 Å². The molecule has 6 nitrogen and oxygen atoms in total. The molecule has 1 unspecified atom stereocenters. The van der Waals surface area contributed by atoms with Crippen LogP contribution in [0.4, 0.5) is 0 Å². The molecule has 0 bridgehead atoms. The Morgan fingerprint density at radius 3 is 2.87 bits per heavy atom. The normalized spacial score (nSPS) is 15.0. The Balaban J connectivity index is 1.18. The summed E-state index contributed by atoms with van der Waals surface area (Å²) >= 11 is 0. The first-order valence-electron chi connectivity index (χ1n) is 10.6. The molecule has 0 amide bonds. The third kappa shape index (κ3) is 5.92. The lowest BCUT2D eigenvalue weighted by Gasteiger charge is -2.30. The zero-order valence-corrected chi connectivity index (χ0v) is 17.3. The van der Waals surface area contributed by atoms with E-state index in [9.17, 15) is 5.11 Å². The Hall–Kier alpha value is -2.67. The van der Waals surface area contributed by atoms with Crippen LogP contribution in [0.5, 0.6) is 5.75 Å². The molecule has 0 saturated heterocycles. The molecule has 0 radical (unpaired) electrons. The molecule has 2 aromatic carbocycles. The number of hydrogen-bond acceptors (Lipinski definition) is 5. The minimum atomic E-state index is -0.508. The van der Waals surface area contributed by atoms with E-state index in [1.165, 1.54) is 11.1 Å². The van der Waals surface area contributed by atoms with Gasteiger partial charge in [-0.1, -0.05) is 36.4 Å². The topological polar surface area (TPSA) is 62.6 Å². The number of aromatic nitrogens is 2. The Bertz CT molecular complexity index is 913. The van der Waals surface area contributed by atoms with Gasteiger partial charge in [0, 0.05) is 45.1 Å². The molecule has 0 saturated carbocycles. The molecule has 2 heterocycles. The molecule has 1 atom stereocenters. The number of β-amino-alcohol motifs (C(OH)–C–C–N with tert-alkyl or cyclic N) is 1. The predicted octanol–water partition coefficient (Wildman–Crippen LogP) is 2.47. The largest absolute Gasteiger partial charge is 0.491 e. The Labute approximate surface area is 178 Å². The van der Waals surface area contributed by atoms with E-state index >= 15 is 0 Å². The molecule has 3 aromatic rings. The molecular formula is C24H30N4O2. The van der Waals surface area contributed by atoms with Crippen LogP contribution in [0.1, 0.15) is 16.7 Å². The molecule has 1 aliphatic rings. The predicted molar refractivity (Wildman–Crippen MR) is 117 cm³/mol. The van der Waals surface area contributed by atoms with Gasteiger partial charge in [-0.15, -0.1) is 0 Å². The first-order chi connectivity index (χ1) is 14.8. The number of ether oxygens (including phenoxy) is 1. The first-order valence-corrected chi connectivity index (χ1v) is 10.6. The number of nitrogens with one attached hydrogen (secondary N) is 1. The number of hydrogen-bond donors (Lipinski definition) is 2. The van der Waals surface area contributed by atoms with E-state index in [1.807, 2.05) is 35.1 Å². The van der Waals surface area contributed by atoms with Crippen LogP contribution < -0.4 is 10.1 Å². The maximum atomic E-state index is 10.5. The van der Waals surface area contributed by atoms with Crippen molar-refractivity contribution in [1.29, 1.82) is 0 Å². The molecule has 0 spiro atoms. The van der Waals surface area contributed by atoms with Crippen molar-refractivity contribution in [3.05, 3.63) is 83.7 Å². The van der Waals surface area contributed by atoms with E-state index in [4.69, 9.17) is 4.74 Å². The quantitative estimate of drug-likeness (QED) is 0.507. The Morgan fingerprint density at radius 2 is 2.00 bits per heavy atom. The summed E-state index contributed by atoms with van der Waals surface area (Å²) in [5.74, 6) is 0.796. The molecule has 1 aromatic heterocycles. The highest BCUT2D eigenvalue weighted by atomic mass is 16.5. The van der Waals surface area contributed by atoms with Gasteiger partial charge < -0.3 is 15.2 Å². The molecular weight excluding hydrogens is 376 g/mol. The highest BCUT2D eigenvalue weighted by Gasteiger charge is 2.18. The molecule has 158 valence electrons. The third-order valence-corrected chi connectivity index (χ3v) is 5.43. The van der Waals surface area contributed by atoms with Gasteiger partial charge in [0.2, 0.25) is 0 Å². The Morgan fingerprint density at radius 1 is 1.10 bits per heavy atom. The second kappa shape index (κ2) is 10.4. The first kappa shape index (κ1) is 20.6. The lowest BCUT2D eigenvalue weighted by Crippen LogP contribution is -2.38. The summed E-state index contributed by atoms with van der Waals surface area (Å²) in [6.07, 6.45) is 4.29. The fraction of sp³-hybridized carbons (Fsp3) is 0.375. The standard InChI is InChI=1S/C24H30N4O2/c29-23(18-27-13-9-21-6-1-2-7-22(21)17-27)19-30-24-8-3-5-20(15-24)16-25-11-14-28-12-4-10-26-28/h1-8,10,12,15,23,25,29H,9,11,13-14,16-19H2. The van der Waals surface area contributed by atoms with E-state index in [2.05, 4.69) is 45.6 Å². The maximum absolute atomic E-state index is 10.5. The number of benzene rings is 2. The van der Waals surface area contributed by atoms with Crippen LogP contribution in [0, 0.1) is 0 Å². The monoisotopic (exact) mass is 406 g/mol. The van der Waals surface area contributed by atoms with Crippen LogP contribution in [0.15, 0.2) is 67.0 Å². The number of aliphatic hydroxyl groups excluding tert-OH is 1. The number of fused-ring (bicyclic) bond motifs is 1. The van der Waals surface area contributed by atoms with Crippen LogP contribution in [0.25, 0.3) is 0 Å². The summed E-state index contributed by atoms with van der Waals surface area (Å²) in [4.78, 5) is 2.30. The van der Waals surface area contributed by atoms with E-state index in [-0.39, 0.29) is 0 Å². The van der Waals surface area contributed by atoms with Crippen molar-refractivity contribution < 1.29 is 9.84 Å². The molecule has 1 aliphatic heterocycles. The average molecular weight is 407 g/mol. The average Bonchev–Trinajstić information content (AvgIpc) is 3.29. The number of aliphatic hydroxyl groups is 1. The van der Waals surface area contributed by atoms with Gasteiger partial charge in [0.05, 0.1) is 6.54 Å². The van der Waals surface area contributed by atoms with Gasteiger partial charge in [-0.05, 0) is 41.3 Å². The van der Waals surface area contributed by atoms with Crippen molar-refractivity contribution in [2.45, 2.75) is 32.2 Å². The second-order valence-electron chi connectivity index (χ2n) is 7.81. The van der Waals surface area contributed by atoms with Crippen LogP contribution in [-0.4, -0.2) is 52.1 Å². The highest BCUT2D eigenvalue weighted by molar-refractivity contribution is 5.29. The van der Waals surface area contributed by atoms with Gasteiger partial charge in [0.1, 0.15) is 18.5 Å². The second-order valence-corrected chi connectivity index (χ2v) is 7.81. The highest BCUT2D eigenvalue weighted by Crippen LogP contribution is 2.19. The summed E-state index contributed by atoms with van der Waals surface area (Å²) in [5, 5.41) is 18.1.